The number of aromatic nitrogens is 1. The first-order valence-corrected chi connectivity index (χ1v) is 4.78. The second-order valence-electron chi connectivity index (χ2n) is 2.78. The number of hydrogen-bond acceptors (Lipinski definition) is 3. The topological polar surface area (TPSA) is 70.1 Å². The van der Waals surface area contributed by atoms with Crippen molar-refractivity contribution >= 4 is 23.4 Å². The molecule has 0 fully saturated rings. The minimum absolute atomic E-state index is 0.0899. The second-order valence-corrected chi connectivity index (χ2v) is 3.16. The van der Waals surface area contributed by atoms with E-state index >= 15 is 0 Å². The van der Waals surface area contributed by atoms with E-state index in [2.05, 4.69) is 0 Å². The molecule has 0 aliphatic rings. The Morgan fingerprint density at radius 3 is 2.93 bits per heavy atom. The Balaban J connectivity index is 3.02. The molecule has 0 saturated carbocycles. The maximum Gasteiger partial charge on any atom is 0.288 e. The fourth-order valence-electron chi connectivity index (χ4n) is 1.05. The zero-order valence-corrected chi connectivity index (χ0v) is 8.55. The summed E-state index contributed by atoms with van der Waals surface area (Å²) >= 11 is 5.45. The summed E-state index contributed by atoms with van der Waals surface area (Å²) in [6.07, 6.45) is 6.07. The Hall–Kier alpha value is -1.62. The van der Waals surface area contributed by atoms with Gasteiger partial charge in [0.05, 0.1) is 11.0 Å². The largest absolute Gasteiger partial charge is 0.619 e. The van der Waals surface area contributed by atoms with Gasteiger partial charge in [-0.1, -0.05) is 6.08 Å². The predicted octanol–water partition coefficient (Wildman–Crippen LogP) is 1.87. The monoisotopic (exact) mass is 228 g/mol. The number of allylic oxidation sites excluding steroid dienone is 1. The van der Waals surface area contributed by atoms with Gasteiger partial charge in [-0.3, -0.25) is 10.1 Å². The van der Waals surface area contributed by atoms with Crippen molar-refractivity contribution in [1.82, 2.24) is 0 Å². The summed E-state index contributed by atoms with van der Waals surface area (Å²) in [7, 11) is 0. The molecular weight excluding hydrogens is 220 g/mol. The van der Waals surface area contributed by atoms with Gasteiger partial charge in [0.2, 0.25) is 0 Å². The van der Waals surface area contributed by atoms with Gasteiger partial charge in [0, 0.05) is 5.88 Å². The van der Waals surface area contributed by atoms with Gasteiger partial charge in [0.1, 0.15) is 5.56 Å². The minimum atomic E-state index is -0.527. The first kappa shape index (κ1) is 11.5. The van der Waals surface area contributed by atoms with E-state index in [4.69, 9.17) is 11.6 Å². The first-order valence-electron chi connectivity index (χ1n) is 4.25. The highest BCUT2D eigenvalue weighted by Gasteiger charge is 2.13. The summed E-state index contributed by atoms with van der Waals surface area (Å²) in [4.78, 5) is 10.1. The van der Waals surface area contributed by atoms with Crippen LogP contribution in [-0.2, 0) is 0 Å². The smallest absolute Gasteiger partial charge is 0.288 e. The van der Waals surface area contributed by atoms with Gasteiger partial charge >= 0.3 is 0 Å². The number of pyridine rings is 1. The summed E-state index contributed by atoms with van der Waals surface area (Å²) in [6, 6.07) is 1.17. The number of alkyl halides is 1. The highest BCUT2D eigenvalue weighted by atomic mass is 35.5. The van der Waals surface area contributed by atoms with Gasteiger partial charge in [-0.15, -0.1) is 11.6 Å². The Bertz CT molecular complexity index is 393. The molecule has 80 valence electrons. The number of halogens is 1. The molecule has 15 heavy (non-hydrogen) atoms. The van der Waals surface area contributed by atoms with E-state index in [9.17, 15) is 15.3 Å². The average molecular weight is 229 g/mol. The maximum absolute atomic E-state index is 10.9. The molecule has 0 bridgehead atoms. The Morgan fingerprint density at radius 2 is 2.33 bits per heavy atom. The van der Waals surface area contributed by atoms with Gasteiger partial charge < -0.3 is 5.21 Å². The fourth-order valence-corrected chi connectivity index (χ4v) is 1.18. The van der Waals surface area contributed by atoms with E-state index in [0.717, 1.165) is 12.4 Å². The van der Waals surface area contributed by atoms with Crippen molar-refractivity contribution < 1.29 is 9.65 Å². The van der Waals surface area contributed by atoms with Crippen LogP contribution in [0.4, 0.5) is 5.69 Å². The molecule has 0 aromatic carbocycles. The molecule has 1 rings (SSSR count). The molecule has 0 spiro atoms. The summed E-state index contributed by atoms with van der Waals surface area (Å²) in [5.41, 5.74) is 0.190. The van der Waals surface area contributed by atoms with Crippen LogP contribution in [0, 0.1) is 15.3 Å². The molecule has 1 heterocycles. The molecule has 0 aliphatic heterocycles. The van der Waals surface area contributed by atoms with E-state index in [-0.39, 0.29) is 11.3 Å². The summed E-state index contributed by atoms with van der Waals surface area (Å²) in [5, 5.41) is 21.5. The molecule has 0 aliphatic carbocycles. The van der Waals surface area contributed by atoms with Crippen molar-refractivity contribution in [3.05, 3.63) is 45.4 Å². The second kappa shape index (κ2) is 5.31. The van der Waals surface area contributed by atoms with Crippen molar-refractivity contribution in [2.75, 3.05) is 5.88 Å². The lowest BCUT2D eigenvalue weighted by molar-refractivity contribution is -0.606. The van der Waals surface area contributed by atoms with E-state index in [1.165, 1.54) is 12.1 Å². The lowest BCUT2D eigenvalue weighted by Gasteiger charge is -1.98. The molecule has 1 aromatic heterocycles. The standard InChI is InChI=1S/C9H9ClN2O3/c10-5-2-1-3-8-7-11(13)6-4-9(8)12(14)15/h1,3-4,6-7H,2,5H2. The van der Waals surface area contributed by atoms with Gasteiger partial charge in [0.15, 0.2) is 12.4 Å². The van der Waals surface area contributed by atoms with Crippen molar-refractivity contribution in [3.8, 4) is 0 Å². The van der Waals surface area contributed by atoms with E-state index in [1.54, 1.807) is 6.08 Å². The molecular formula is C9H9ClN2O3. The maximum atomic E-state index is 10.9. The SMILES string of the molecule is O=[N+]([O-])c1cc[n+]([O-])cc1C=CCCCl. The number of rotatable bonds is 4. The van der Waals surface area contributed by atoms with Crippen LogP contribution in [0.5, 0.6) is 0 Å². The zero-order valence-electron chi connectivity index (χ0n) is 7.80. The summed E-state index contributed by atoms with van der Waals surface area (Å²) in [6.45, 7) is 0. The van der Waals surface area contributed by atoms with Crippen LogP contribution in [-0.4, -0.2) is 10.8 Å². The average Bonchev–Trinajstić information content (AvgIpc) is 2.18. The van der Waals surface area contributed by atoms with E-state index in [1.807, 2.05) is 0 Å². The van der Waals surface area contributed by atoms with Crippen LogP contribution in [0.1, 0.15) is 12.0 Å². The number of nitro groups is 1. The number of nitrogens with zero attached hydrogens (tertiary/aromatic N) is 2. The molecule has 5 nitrogen and oxygen atoms in total. The normalized spacial score (nSPS) is 10.7. The van der Waals surface area contributed by atoms with Gasteiger partial charge in [-0.2, -0.15) is 4.73 Å². The molecule has 0 saturated heterocycles. The quantitative estimate of drug-likeness (QED) is 0.260. The summed E-state index contributed by atoms with van der Waals surface area (Å²) < 4.78 is 0.521. The van der Waals surface area contributed by atoms with Crippen LogP contribution in [0.15, 0.2) is 24.5 Å². The van der Waals surface area contributed by atoms with Gasteiger partial charge in [-0.25, -0.2) is 0 Å². The van der Waals surface area contributed by atoms with Crippen LogP contribution < -0.4 is 4.73 Å². The fraction of sp³-hybridized carbons (Fsp3) is 0.222. The molecule has 0 amide bonds. The molecule has 0 atom stereocenters. The van der Waals surface area contributed by atoms with Crippen molar-refractivity contribution in [3.63, 3.8) is 0 Å². The zero-order chi connectivity index (χ0) is 11.3. The third-order valence-corrected chi connectivity index (χ3v) is 1.93. The summed E-state index contributed by atoms with van der Waals surface area (Å²) in [5.74, 6) is 0.439. The third-order valence-electron chi connectivity index (χ3n) is 1.71. The van der Waals surface area contributed by atoms with Gasteiger partial charge in [-0.05, 0) is 12.5 Å². The van der Waals surface area contributed by atoms with Crippen molar-refractivity contribution in [2.24, 2.45) is 0 Å². The highest BCUT2D eigenvalue weighted by molar-refractivity contribution is 6.17. The van der Waals surface area contributed by atoms with Crippen molar-refractivity contribution in [2.45, 2.75) is 6.42 Å². The number of hydrogen-bond donors (Lipinski definition) is 0. The van der Waals surface area contributed by atoms with Crippen molar-refractivity contribution in [1.29, 1.82) is 0 Å². The van der Waals surface area contributed by atoms with E-state index in [0.29, 0.717) is 17.0 Å². The lowest BCUT2D eigenvalue weighted by Crippen LogP contribution is -2.24. The Labute approximate surface area is 91.3 Å². The highest BCUT2D eigenvalue weighted by Crippen LogP contribution is 2.17. The van der Waals surface area contributed by atoms with Gasteiger partial charge in [0.25, 0.3) is 5.69 Å². The van der Waals surface area contributed by atoms with Crippen LogP contribution in [0.3, 0.4) is 0 Å². The first-order chi connectivity index (χ1) is 7.15. The minimum Gasteiger partial charge on any atom is -0.619 e. The van der Waals surface area contributed by atoms with Crippen LogP contribution in [0.2, 0.25) is 0 Å². The molecule has 0 N–H and O–H groups in total. The Morgan fingerprint density at radius 1 is 1.60 bits per heavy atom. The molecule has 0 unspecified atom stereocenters. The molecule has 6 heteroatoms. The van der Waals surface area contributed by atoms with Crippen LogP contribution in [0.25, 0.3) is 6.08 Å². The predicted molar refractivity (Wildman–Crippen MR) is 56.4 cm³/mol. The third kappa shape index (κ3) is 3.21. The molecule has 1 aromatic rings. The Kier molecular flexibility index (Phi) is 4.05. The molecule has 0 radical (unpaired) electrons. The van der Waals surface area contributed by atoms with E-state index < -0.39 is 4.92 Å². The van der Waals surface area contributed by atoms with Crippen LogP contribution >= 0.6 is 11.6 Å². The lowest BCUT2D eigenvalue weighted by atomic mass is 10.2.